The number of nitrogens with zero attached hydrogens (tertiary/aromatic N) is 1. The van der Waals surface area contributed by atoms with Gasteiger partial charge in [-0.15, -0.1) is 6.42 Å². The van der Waals surface area contributed by atoms with Crippen LogP contribution in [-0.4, -0.2) is 17.7 Å². The summed E-state index contributed by atoms with van der Waals surface area (Å²) in [6, 6.07) is 16.7. The number of hydrogen-bond acceptors (Lipinski definition) is 2. The van der Waals surface area contributed by atoms with Crippen molar-refractivity contribution in [2.45, 2.75) is 12.0 Å². The zero-order chi connectivity index (χ0) is 15.6. The number of benzene rings is 2. The lowest BCUT2D eigenvalue weighted by atomic mass is 9.80. The average Bonchev–Trinajstić information content (AvgIpc) is 3.02. The van der Waals surface area contributed by atoms with Gasteiger partial charge in [0, 0.05) is 12.0 Å². The second-order valence-corrected chi connectivity index (χ2v) is 5.17. The van der Waals surface area contributed by atoms with E-state index in [2.05, 4.69) is 5.92 Å². The Morgan fingerprint density at radius 2 is 1.91 bits per heavy atom. The summed E-state index contributed by atoms with van der Waals surface area (Å²) in [5.74, 6) is 2.63. The number of rotatable bonds is 2. The summed E-state index contributed by atoms with van der Waals surface area (Å²) >= 11 is 0. The van der Waals surface area contributed by atoms with Gasteiger partial charge in [0.2, 0.25) is 0 Å². The first-order valence-electron chi connectivity index (χ1n) is 7.04. The summed E-state index contributed by atoms with van der Waals surface area (Å²) in [6.45, 7) is 0.415. The Kier molecular flexibility index (Phi) is 3.58. The molecule has 22 heavy (non-hydrogen) atoms. The Balaban J connectivity index is 2.24. The molecule has 2 aromatic carbocycles. The third kappa shape index (κ3) is 2.12. The van der Waals surface area contributed by atoms with E-state index in [0.29, 0.717) is 13.0 Å². The van der Waals surface area contributed by atoms with E-state index in [9.17, 15) is 4.79 Å². The lowest BCUT2D eigenvalue weighted by Gasteiger charge is -2.36. The van der Waals surface area contributed by atoms with E-state index in [4.69, 9.17) is 17.0 Å². The quantitative estimate of drug-likeness (QED) is 0.865. The monoisotopic (exact) mass is 292 g/mol. The number of terminal acetylenes is 1. The Morgan fingerprint density at radius 3 is 2.59 bits per heavy atom. The standard InChI is InChI=1S/C18H16N2O2/c1-2-14-7-6-10-16(13-14)18(15-8-4-3-5-9-15)11-12-22-20(18)17(19)21/h1,3-10,13H,11-12H2,(H2,19,21). The van der Waals surface area contributed by atoms with Crippen LogP contribution in [0.3, 0.4) is 0 Å². The molecule has 110 valence electrons. The van der Waals surface area contributed by atoms with Gasteiger partial charge in [-0.25, -0.2) is 4.79 Å². The first kappa shape index (κ1) is 14.2. The summed E-state index contributed by atoms with van der Waals surface area (Å²) in [5.41, 5.74) is 7.38. The molecule has 2 aromatic rings. The Hall–Kier alpha value is -2.77. The van der Waals surface area contributed by atoms with Crippen LogP contribution in [0.4, 0.5) is 4.79 Å². The molecular formula is C18H16N2O2. The molecule has 0 spiro atoms. The number of carbonyl (C=O) groups excluding carboxylic acids is 1. The fraction of sp³-hybridized carbons (Fsp3) is 0.167. The van der Waals surface area contributed by atoms with Crippen LogP contribution in [0.5, 0.6) is 0 Å². The summed E-state index contributed by atoms with van der Waals surface area (Å²) in [5, 5.41) is 1.26. The molecule has 1 fully saturated rings. The molecule has 3 rings (SSSR count). The minimum absolute atomic E-state index is 0.415. The van der Waals surface area contributed by atoms with Gasteiger partial charge >= 0.3 is 6.03 Å². The Morgan fingerprint density at radius 1 is 1.18 bits per heavy atom. The topological polar surface area (TPSA) is 55.6 Å². The molecule has 0 aliphatic carbocycles. The summed E-state index contributed by atoms with van der Waals surface area (Å²) in [7, 11) is 0. The third-order valence-electron chi connectivity index (χ3n) is 3.99. The van der Waals surface area contributed by atoms with Crippen LogP contribution in [0.1, 0.15) is 23.1 Å². The second-order valence-electron chi connectivity index (χ2n) is 5.17. The molecule has 2 N–H and O–H groups in total. The van der Waals surface area contributed by atoms with Gasteiger partial charge in [-0.05, 0) is 23.3 Å². The van der Waals surface area contributed by atoms with Gasteiger partial charge < -0.3 is 5.73 Å². The van der Waals surface area contributed by atoms with Gasteiger partial charge in [-0.1, -0.05) is 48.4 Å². The lowest BCUT2D eigenvalue weighted by Crippen LogP contribution is -2.47. The number of nitrogens with two attached hydrogens (primary N) is 1. The van der Waals surface area contributed by atoms with Crippen LogP contribution in [0.15, 0.2) is 54.6 Å². The predicted molar refractivity (Wildman–Crippen MR) is 83.6 cm³/mol. The van der Waals surface area contributed by atoms with Gasteiger partial charge in [-0.3, -0.25) is 4.84 Å². The van der Waals surface area contributed by atoms with E-state index in [0.717, 1.165) is 16.7 Å². The van der Waals surface area contributed by atoms with Crippen molar-refractivity contribution in [2.24, 2.45) is 5.73 Å². The maximum Gasteiger partial charge on any atom is 0.339 e. The smallest absolute Gasteiger partial charge is 0.339 e. The van der Waals surface area contributed by atoms with Crippen LogP contribution in [0.2, 0.25) is 0 Å². The number of amides is 2. The minimum Gasteiger partial charge on any atom is -0.350 e. The molecule has 0 saturated carbocycles. The highest BCUT2D eigenvalue weighted by molar-refractivity contribution is 5.73. The fourth-order valence-corrected chi connectivity index (χ4v) is 3.02. The number of urea groups is 1. The zero-order valence-corrected chi connectivity index (χ0v) is 12.0. The zero-order valence-electron chi connectivity index (χ0n) is 12.0. The molecule has 4 heteroatoms. The number of hydroxylamine groups is 2. The number of carbonyl (C=O) groups is 1. The number of hydrogen-bond donors (Lipinski definition) is 1. The molecule has 2 amide bonds. The highest BCUT2D eigenvalue weighted by Crippen LogP contribution is 2.43. The first-order valence-corrected chi connectivity index (χ1v) is 7.04. The predicted octanol–water partition coefficient (Wildman–Crippen LogP) is 2.63. The molecule has 0 radical (unpaired) electrons. The Bertz CT molecular complexity index is 736. The molecule has 4 nitrogen and oxygen atoms in total. The average molecular weight is 292 g/mol. The summed E-state index contributed by atoms with van der Waals surface area (Å²) in [4.78, 5) is 17.4. The van der Waals surface area contributed by atoms with Crippen molar-refractivity contribution in [3.05, 3.63) is 71.3 Å². The van der Waals surface area contributed by atoms with Crippen molar-refractivity contribution in [1.29, 1.82) is 0 Å². The Labute approximate surface area is 129 Å². The van der Waals surface area contributed by atoms with Gasteiger partial charge in [0.15, 0.2) is 0 Å². The van der Waals surface area contributed by atoms with Gasteiger partial charge in [0.25, 0.3) is 0 Å². The minimum atomic E-state index is -0.750. The second kappa shape index (κ2) is 5.55. The maximum atomic E-state index is 11.9. The molecule has 0 aromatic heterocycles. The summed E-state index contributed by atoms with van der Waals surface area (Å²) < 4.78 is 0. The molecule has 0 bridgehead atoms. The van der Waals surface area contributed by atoms with Crippen LogP contribution in [0, 0.1) is 12.3 Å². The van der Waals surface area contributed by atoms with Gasteiger partial charge in [0.1, 0.15) is 5.54 Å². The van der Waals surface area contributed by atoms with Crippen molar-refractivity contribution < 1.29 is 9.63 Å². The fourth-order valence-electron chi connectivity index (χ4n) is 3.02. The van der Waals surface area contributed by atoms with E-state index < -0.39 is 11.6 Å². The van der Waals surface area contributed by atoms with Crippen molar-refractivity contribution in [1.82, 2.24) is 5.06 Å². The summed E-state index contributed by atoms with van der Waals surface area (Å²) in [6.07, 6.45) is 6.13. The number of primary amides is 1. The van der Waals surface area contributed by atoms with Gasteiger partial charge in [0.05, 0.1) is 6.61 Å². The van der Waals surface area contributed by atoms with Crippen LogP contribution in [0.25, 0.3) is 0 Å². The highest BCUT2D eigenvalue weighted by Gasteiger charge is 2.47. The molecule has 1 heterocycles. The maximum absolute atomic E-state index is 11.9. The molecule has 1 aliphatic rings. The molecule has 1 aliphatic heterocycles. The van der Waals surface area contributed by atoms with Crippen molar-refractivity contribution >= 4 is 6.03 Å². The van der Waals surface area contributed by atoms with Crippen molar-refractivity contribution in [3.63, 3.8) is 0 Å². The van der Waals surface area contributed by atoms with E-state index in [1.165, 1.54) is 5.06 Å². The largest absolute Gasteiger partial charge is 0.350 e. The van der Waals surface area contributed by atoms with Crippen LogP contribution >= 0.6 is 0 Å². The lowest BCUT2D eigenvalue weighted by molar-refractivity contribution is -0.107. The van der Waals surface area contributed by atoms with Crippen molar-refractivity contribution in [2.75, 3.05) is 6.61 Å². The van der Waals surface area contributed by atoms with Crippen LogP contribution < -0.4 is 5.73 Å². The van der Waals surface area contributed by atoms with Gasteiger partial charge in [-0.2, -0.15) is 5.06 Å². The third-order valence-corrected chi connectivity index (χ3v) is 3.99. The highest BCUT2D eigenvalue weighted by atomic mass is 16.7. The first-order chi connectivity index (χ1) is 10.7. The van der Waals surface area contributed by atoms with E-state index >= 15 is 0 Å². The van der Waals surface area contributed by atoms with Crippen molar-refractivity contribution in [3.8, 4) is 12.3 Å². The van der Waals surface area contributed by atoms with Crippen LogP contribution in [-0.2, 0) is 10.4 Å². The molecule has 1 saturated heterocycles. The van der Waals surface area contributed by atoms with E-state index in [1.807, 2.05) is 54.6 Å². The molecule has 1 unspecified atom stereocenters. The van der Waals surface area contributed by atoms with E-state index in [1.54, 1.807) is 0 Å². The van der Waals surface area contributed by atoms with E-state index in [-0.39, 0.29) is 0 Å². The normalized spacial score (nSPS) is 20.6. The SMILES string of the molecule is C#Cc1cccc(C2(c3ccccc3)CCON2C(N)=O)c1. The molecular weight excluding hydrogens is 276 g/mol. The molecule has 1 atom stereocenters.